The quantitative estimate of drug-likeness (QED) is 0.207. The Bertz CT molecular complexity index is 592. The summed E-state index contributed by atoms with van der Waals surface area (Å²) < 4.78 is 23.2. The highest BCUT2D eigenvalue weighted by Crippen LogP contribution is 2.30. The third-order valence-corrected chi connectivity index (χ3v) is 5.60. The van der Waals surface area contributed by atoms with E-state index in [2.05, 4.69) is 0 Å². The average molecular weight is 433 g/mol. The zero-order chi connectivity index (χ0) is 22.0. The second kappa shape index (κ2) is 12.2. The average Bonchev–Trinajstić information content (AvgIpc) is 3.10. The van der Waals surface area contributed by atoms with Gasteiger partial charge in [-0.3, -0.25) is 9.59 Å². The van der Waals surface area contributed by atoms with Crippen LogP contribution in [0.1, 0.15) is 65.7 Å². The summed E-state index contributed by atoms with van der Waals surface area (Å²) in [6, 6.07) is -0.886. The van der Waals surface area contributed by atoms with Gasteiger partial charge in [-0.2, -0.15) is 0 Å². The van der Waals surface area contributed by atoms with E-state index in [1.807, 2.05) is 0 Å². The summed E-state index contributed by atoms with van der Waals surface area (Å²) in [5.41, 5.74) is 4.73. The molecule has 2 unspecified atom stereocenters. The van der Waals surface area contributed by atoms with E-state index in [1.54, 1.807) is 20.8 Å². The Hall–Kier alpha value is -1.57. The lowest BCUT2D eigenvalue weighted by Crippen LogP contribution is -2.41. The molecule has 0 saturated carbocycles. The number of rotatable bonds is 12. The van der Waals surface area contributed by atoms with Crippen molar-refractivity contribution in [3.05, 3.63) is 0 Å². The zero-order valence-electron chi connectivity index (χ0n) is 17.6. The number of unbranched alkanes of at least 4 members (excludes halogenated alkanes) is 3. The molecule has 29 heavy (non-hydrogen) atoms. The van der Waals surface area contributed by atoms with Gasteiger partial charge in [0.1, 0.15) is 6.04 Å². The molecular weight excluding hydrogens is 399 g/mol. The fourth-order valence-corrected chi connectivity index (χ4v) is 3.82. The number of nitrogens with two attached hydrogens (primary N) is 1. The van der Waals surface area contributed by atoms with Crippen LogP contribution in [0.3, 0.4) is 0 Å². The minimum absolute atomic E-state index is 0.322. The lowest BCUT2D eigenvalue weighted by Gasteiger charge is -2.21. The Morgan fingerprint density at radius 2 is 1.86 bits per heavy atom. The van der Waals surface area contributed by atoms with Crippen molar-refractivity contribution in [3.8, 4) is 0 Å². The minimum atomic E-state index is -2.44. The first kappa shape index (κ1) is 25.5. The van der Waals surface area contributed by atoms with Gasteiger partial charge >= 0.3 is 20.0 Å². The second-order valence-corrected chi connectivity index (χ2v) is 9.45. The molecular formula is C19H34N2O7P+. The molecule has 166 valence electrons. The Labute approximate surface area is 173 Å². The van der Waals surface area contributed by atoms with Gasteiger partial charge in [0.25, 0.3) is 18.4 Å². The minimum Gasteiger partial charge on any atom is -0.480 e. The van der Waals surface area contributed by atoms with E-state index in [-0.39, 0.29) is 0 Å². The molecule has 3 N–H and O–H groups in total. The number of esters is 1. The number of carbonyl (C=O) groups excluding carboxylic acids is 2. The summed E-state index contributed by atoms with van der Waals surface area (Å²) in [6.07, 6.45) is 3.30. The third-order valence-electron chi connectivity index (χ3n) is 4.60. The molecule has 10 heteroatoms. The van der Waals surface area contributed by atoms with Gasteiger partial charge in [-0.15, -0.1) is 4.52 Å². The van der Waals surface area contributed by atoms with Crippen LogP contribution in [-0.4, -0.2) is 59.4 Å². The Kier molecular flexibility index (Phi) is 10.7. The van der Waals surface area contributed by atoms with Gasteiger partial charge in [0, 0.05) is 13.0 Å². The number of carboxylic acids is 1. The number of carbonyl (C=O) groups is 3. The first-order valence-electron chi connectivity index (χ1n) is 10.1. The van der Waals surface area contributed by atoms with Gasteiger partial charge in [0.15, 0.2) is 0 Å². The van der Waals surface area contributed by atoms with Crippen LogP contribution in [0.25, 0.3) is 0 Å². The van der Waals surface area contributed by atoms with Crippen LogP contribution in [0, 0.1) is 5.41 Å². The van der Waals surface area contributed by atoms with Crippen LogP contribution in [0.5, 0.6) is 0 Å². The molecule has 0 aromatic rings. The fraction of sp³-hybridized carbons (Fsp3) is 0.842. The molecule has 0 spiro atoms. The molecule has 1 heterocycles. The largest absolute Gasteiger partial charge is 0.522 e. The second-order valence-electron chi connectivity index (χ2n) is 8.26. The maximum Gasteiger partial charge on any atom is 0.522 e. The van der Waals surface area contributed by atoms with Crippen molar-refractivity contribution in [2.24, 2.45) is 11.1 Å². The van der Waals surface area contributed by atoms with Gasteiger partial charge in [0.05, 0.1) is 5.41 Å². The van der Waals surface area contributed by atoms with E-state index in [1.165, 1.54) is 4.90 Å². The van der Waals surface area contributed by atoms with Crippen molar-refractivity contribution in [3.63, 3.8) is 0 Å². The molecule has 0 aromatic heterocycles. The fourth-order valence-electron chi connectivity index (χ4n) is 2.93. The van der Waals surface area contributed by atoms with E-state index in [9.17, 15) is 24.1 Å². The molecule has 1 fully saturated rings. The van der Waals surface area contributed by atoms with Gasteiger partial charge in [-0.1, -0.05) is 12.8 Å². The van der Waals surface area contributed by atoms with Crippen LogP contribution in [0.15, 0.2) is 0 Å². The van der Waals surface area contributed by atoms with Crippen molar-refractivity contribution < 1.29 is 33.3 Å². The summed E-state index contributed by atoms with van der Waals surface area (Å²) in [6.45, 7) is 6.05. The summed E-state index contributed by atoms with van der Waals surface area (Å²) in [7, 11) is -2.44. The molecule has 3 atom stereocenters. The summed E-state index contributed by atoms with van der Waals surface area (Å²) >= 11 is 0. The number of hydrogen-bond donors (Lipinski definition) is 2. The van der Waals surface area contributed by atoms with Gasteiger partial charge in [0.2, 0.25) is 0 Å². The molecule has 1 amide bonds. The maximum atomic E-state index is 12.4. The number of likely N-dealkylation sites (tertiary alicyclic amines) is 1. The molecule has 1 saturated heterocycles. The Morgan fingerprint density at radius 3 is 2.45 bits per heavy atom. The lowest BCUT2D eigenvalue weighted by molar-refractivity contribution is -0.173. The van der Waals surface area contributed by atoms with Gasteiger partial charge in [-0.05, 0) is 57.6 Å². The molecule has 1 aliphatic heterocycles. The topological polar surface area (TPSA) is 136 Å². The number of aliphatic carboxylic acids is 1. The number of nitrogens with zero attached hydrogens (tertiary/aromatic N) is 1. The SMILES string of the molecule is CC(C)(C)C(=O)OC(CCCCCCN)O[P+](=O)CC(=O)N1CCC[C@H]1C(=O)O. The normalized spacial score (nSPS) is 18.4. The monoisotopic (exact) mass is 433 g/mol. The molecule has 9 nitrogen and oxygen atoms in total. The van der Waals surface area contributed by atoms with E-state index < -0.39 is 49.8 Å². The van der Waals surface area contributed by atoms with Crippen molar-refractivity contribution >= 4 is 25.9 Å². The summed E-state index contributed by atoms with van der Waals surface area (Å²) in [5, 5.41) is 9.18. The number of hydrogen-bond acceptors (Lipinski definition) is 7. The molecule has 1 aliphatic rings. The Balaban J connectivity index is 2.62. The molecule has 0 bridgehead atoms. The van der Waals surface area contributed by atoms with Crippen molar-refractivity contribution in [2.75, 3.05) is 19.3 Å². The van der Waals surface area contributed by atoms with Crippen LogP contribution in [0.2, 0.25) is 0 Å². The molecule has 0 aromatic carbocycles. The van der Waals surface area contributed by atoms with Crippen LogP contribution < -0.4 is 5.73 Å². The Morgan fingerprint density at radius 1 is 1.21 bits per heavy atom. The van der Waals surface area contributed by atoms with Crippen LogP contribution in [-0.2, 0) is 28.2 Å². The third kappa shape index (κ3) is 9.19. The van der Waals surface area contributed by atoms with Crippen LogP contribution >= 0.6 is 8.03 Å². The highest BCUT2D eigenvalue weighted by molar-refractivity contribution is 7.40. The molecule has 0 radical (unpaired) electrons. The number of ether oxygens (including phenoxy) is 1. The lowest BCUT2D eigenvalue weighted by atomic mass is 9.97. The van der Waals surface area contributed by atoms with E-state index >= 15 is 0 Å². The molecule has 1 rings (SSSR count). The maximum absolute atomic E-state index is 12.4. The smallest absolute Gasteiger partial charge is 0.480 e. The predicted molar refractivity (Wildman–Crippen MR) is 107 cm³/mol. The van der Waals surface area contributed by atoms with Crippen molar-refractivity contribution in [1.82, 2.24) is 4.90 Å². The highest BCUT2D eigenvalue weighted by atomic mass is 31.1. The van der Waals surface area contributed by atoms with Crippen molar-refractivity contribution in [2.45, 2.75) is 78.0 Å². The summed E-state index contributed by atoms with van der Waals surface area (Å²) in [5.74, 6) is -2.08. The van der Waals surface area contributed by atoms with Crippen LogP contribution in [0.4, 0.5) is 0 Å². The first-order chi connectivity index (χ1) is 13.6. The first-order valence-corrected chi connectivity index (χ1v) is 11.5. The number of amides is 1. The number of carboxylic acid groups (broad SMARTS) is 1. The zero-order valence-corrected chi connectivity index (χ0v) is 18.5. The van der Waals surface area contributed by atoms with Crippen molar-refractivity contribution in [1.29, 1.82) is 0 Å². The molecule has 0 aliphatic carbocycles. The summed E-state index contributed by atoms with van der Waals surface area (Å²) in [4.78, 5) is 37.0. The van der Waals surface area contributed by atoms with E-state index in [4.69, 9.17) is 15.0 Å². The predicted octanol–water partition coefficient (Wildman–Crippen LogP) is 2.65. The van der Waals surface area contributed by atoms with Gasteiger partial charge < -0.3 is 20.5 Å². The van der Waals surface area contributed by atoms with Gasteiger partial charge in [-0.25, -0.2) is 4.79 Å². The van der Waals surface area contributed by atoms with E-state index in [0.717, 1.165) is 19.3 Å². The standard InChI is InChI=1S/C19H33N2O7P/c1-19(2,3)18(25)27-16(10-6-4-5-7-11-20)28-29(26)13-15(22)21-12-8-9-14(21)17(23)24/h14,16H,4-13,20H2,1-3H3/p+1/t14-,16?/m0/s1. The highest BCUT2D eigenvalue weighted by Gasteiger charge is 2.39. The van der Waals surface area contributed by atoms with E-state index in [0.29, 0.717) is 38.8 Å².